The van der Waals surface area contributed by atoms with Gasteiger partial charge in [-0.1, -0.05) is 13.8 Å². The number of hydrogen-bond donors (Lipinski definition) is 2. The number of ketones is 1. The third-order valence-corrected chi connectivity index (χ3v) is 6.68. The summed E-state index contributed by atoms with van der Waals surface area (Å²) in [5.41, 5.74) is -0.972. The fourth-order valence-electron chi connectivity index (χ4n) is 4.50. The molecule has 2 N–H and O–H groups in total. The van der Waals surface area contributed by atoms with E-state index < -0.39 is 17.8 Å². The summed E-state index contributed by atoms with van der Waals surface area (Å²) >= 11 is 0. The molecular weight excluding hydrogens is 320 g/mol. The van der Waals surface area contributed by atoms with E-state index in [1.807, 2.05) is 13.8 Å². The lowest BCUT2D eigenvalue weighted by atomic mass is 9.80. The predicted octanol–water partition coefficient (Wildman–Crippen LogP) is 2.53. The Balaban J connectivity index is 1.94. The average molecular weight is 352 g/mol. The van der Waals surface area contributed by atoms with Gasteiger partial charge in [-0.15, -0.1) is 0 Å². The number of Topliss-reactive ketones (excluding diaryl/α,β-unsaturated/α-hetero) is 1. The Hall–Kier alpha value is -0.750. The predicted molar refractivity (Wildman–Crippen MR) is 94.2 cm³/mol. The molecule has 5 heteroatoms. The van der Waals surface area contributed by atoms with Crippen LogP contribution < -0.4 is 0 Å². The molecule has 2 saturated heterocycles. The second-order valence-electron chi connectivity index (χ2n) is 9.02. The van der Waals surface area contributed by atoms with E-state index in [2.05, 4.69) is 13.8 Å². The molecule has 0 amide bonds. The molecule has 0 unspecified atom stereocenters. The van der Waals surface area contributed by atoms with Crippen molar-refractivity contribution in [1.82, 2.24) is 0 Å². The van der Waals surface area contributed by atoms with Gasteiger partial charge in [0.15, 0.2) is 5.78 Å². The highest BCUT2D eigenvalue weighted by Crippen LogP contribution is 2.53. The molecule has 0 aromatic rings. The SMILES string of the molecule is CC1=C[C@@H](O)C[C@@]2(C)O[C@@H]2C[C@]2(C(C)C)CC[C@@](C)(O2)[C@H](O)CC1=O. The van der Waals surface area contributed by atoms with Gasteiger partial charge in [-0.05, 0) is 51.2 Å². The van der Waals surface area contributed by atoms with Gasteiger partial charge in [0.05, 0.1) is 35.1 Å². The summed E-state index contributed by atoms with van der Waals surface area (Å²) in [5, 5.41) is 21.1. The van der Waals surface area contributed by atoms with Crippen LogP contribution in [0.25, 0.3) is 0 Å². The maximum absolute atomic E-state index is 12.4. The van der Waals surface area contributed by atoms with Gasteiger partial charge in [-0.2, -0.15) is 0 Å². The van der Waals surface area contributed by atoms with E-state index in [9.17, 15) is 15.0 Å². The molecular formula is C20H32O5. The van der Waals surface area contributed by atoms with Crippen molar-refractivity contribution in [2.24, 2.45) is 5.92 Å². The lowest BCUT2D eigenvalue weighted by Crippen LogP contribution is -2.46. The maximum Gasteiger partial charge on any atom is 0.161 e. The van der Waals surface area contributed by atoms with Crippen LogP contribution in [-0.4, -0.2) is 51.1 Å². The van der Waals surface area contributed by atoms with Gasteiger partial charge in [0.2, 0.25) is 0 Å². The van der Waals surface area contributed by atoms with Crippen LogP contribution in [-0.2, 0) is 14.3 Å². The molecule has 3 heterocycles. The minimum absolute atomic E-state index is 0.0247. The molecule has 2 bridgehead atoms. The van der Waals surface area contributed by atoms with Gasteiger partial charge in [-0.3, -0.25) is 4.79 Å². The zero-order chi connectivity index (χ0) is 18.6. The van der Waals surface area contributed by atoms with Gasteiger partial charge < -0.3 is 19.7 Å². The van der Waals surface area contributed by atoms with E-state index in [1.54, 1.807) is 13.0 Å². The van der Waals surface area contributed by atoms with E-state index >= 15 is 0 Å². The lowest BCUT2D eigenvalue weighted by Gasteiger charge is -2.38. The van der Waals surface area contributed by atoms with Crippen molar-refractivity contribution < 1.29 is 24.5 Å². The molecule has 142 valence electrons. The molecule has 0 radical (unpaired) electrons. The van der Waals surface area contributed by atoms with Crippen molar-refractivity contribution in [2.75, 3.05) is 0 Å². The van der Waals surface area contributed by atoms with Gasteiger partial charge in [0.1, 0.15) is 0 Å². The molecule has 0 spiro atoms. The fraction of sp³-hybridized carbons (Fsp3) is 0.850. The van der Waals surface area contributed by atoms with Crippen LogP contribution in [0.4, 0.5) is 0 Å². The first-order valence-corrected chi connectivity index (χ1v) is 9.45. The standard InChI is InChI=1S/C20H32O5/c1-12(2)20-7-6-18(4,25-20)16(23)9-15(22)13(3)8-14(21)10-19(5)17(11-20)24-19/h8,12,14,16-17,21,23H,6-7,9-11H2,1-5H3/t14-,16-,17-,18-,19-,20+/m1/s1. The highest BCUT2D eigenvalue weighted by molar-refractivity contribution is 5.95. The first kappa shape index (κ1) is 19.0. The largest absolute Gasteiger partial charge is 0.390 e. The Morgan fingerprint density at radius 2 is 1.84 bits per heavy atom. The van der Waals surface area contributed by atoms with Crippen LogP contribution in [0.3, 0.4) is 0 Å². The summed E-state index contributed by atoms with van der Waals surface area (Å²) in [6.45, 7) is 9.91. The first-order valence-electron chi connectivity index (χ1n) is 9.45. The van der Waals surface area contributed by atoms with Crippen LogP contribution >= 0.6 is 0 Å². The molecule has 0 aromatic carbocycles. The summed E-state index contributed by atoms with van der Waals surface area (Å²) in [7, 11) is 0. The van der Waals surface area contributed by atoms with Crippen molar-refractivity contribution in [1.29, 1.82) is 0 Å². The summed E-state index contributed by atoms with van der Waals surface area (Å²) in [4.78, 5) is 12.4. The molecule has 5 nitrogen and oxygen atoms in total. The van der Waals surface area contributed by atoms with Gasteiger partial charge in [0, 0.05) is 19.3 Å². The number of aliphatic hydroxyl groups excluding tert-OH is 2. The number of carbonyl (C=O) groups is 1. The Kier molecular flexibility index (Phi) is 4.68. The normalized spacial score (nSPS) is 48.2. The molecule has 2 fully saturated rings. The number of carbonyl (C=O) groups excluding carboxylic acids is 1. The van der Waals surface area contributed by atoms with Crippen molar-refractivity contribution >= 4 is 5.78 Å². The Morgan fingerprint density at radius 3 is 2.48 bits per heavy atom. The molecule has 0 aliphatic carbocycles. The van der Waals surface area contributed by atoms with Crippen LogP contribution in [0.5, 0.6) is 0 Å². The number of aliphatic hydroxyl groups is 2. The molecule has 25 heavy (non-hydrogen) atoms. The summed E-state index contributed by atoms with van der Waals surface area (Å²) in [5.74, 6) is 0.136. The smallest absolute Gasteiger partial charge is 0.161 e. The summed E-state index contributed by atoms with van der Waals surface area (Å²) < 4.78 is 12.5. The van der Waals surface area contributed by atoms with Crippen LogP contribution in [0.1, 0.15) is 66.7 Å². The van der Waals surface area contributed by atoms with Crippen molar-refractivity contribution in [3.05, 3.63) is 11.6 Å². The van der Waals surface area contributed by atoms with Crippen molar-refractivity contribution in [2.45, 2.75) is 102 Å². The lowest BCUT2D eigenvalue weighted by molar-refractivity contribution is -0.169. The van der Waals surface area contributed by atoms with Crippen LogP contribution in [0.2, 0.25) is 0 Å². The van der Waals surface area contributed by atoms with Crippen molar-refractivity contribution in [3.63, 3.8) is 0 Å². The van der Waals surface area contributed by atoms with Gasteiger partial charge in [-0.25, -0.2) is 0 Å². The molecule has 3 rings (SSSR count). The first-order chi connectivity index (χ1) is 11.5. The Labute approximate surface area is 150 Å². The minimum atomic E-state index is -0.853. The second kappa shape index (κ2) is 6.15. The van der Waals surface area contributed by atoms with E-state index in [-0.39, 0.29) is 35.4 Å². The molecule has 3 aliphatic rings. The van der Waals surface area contributed by atoms with Crippen molar-refractivity contribution in [3.8, 4) is 0 Å². The number of ether oxygens (including phenoxy) is 2. The third-order valence-electron chi connectivity index (χ3n) is 6.68. The molecule has 6 atom stereocenters. The molecule has 0 aromatic heterocycles. The summed E-state index contributed by atoms with van der Waals surface area (Å²) in [6.07, 6.45) is 2.88. The topological polar surface area (TPSA) is 79.3 Å². The molecule has 0 saturated carbocycles. The highest BCUT2D eigenvalue weighted by atomic mass is 16.6. The number of fused-ring (bicyclic) bond motifs is 3. The third kappa shape index (κ3) is 3.44. The monoisotopic (exact) mass is 352 g/mol. The quantitative estimate of drug-likeness (QED) is 0.709. The van der Waals surface area contributed by atoms with Gasteiger partial charge in [0.25, 0.3) is 0 Å². The number of epoxide rings is 1. The van der Waals surface area contributed by atoms with Gasteiger partial charge >= 0.3 is 0 Å². The zero-order valence-corrected chi connectivity index (χ0v) is 16.0. The van der Waals surface area contributed by atoms with E-state index in [1.165, 1.54) is 0 Å². The number of allylic oxidation sites excluding steroid dienone is 1. The van der Waals surface area contributed by atoms with Crippen LogP contribution in [0, 0.1) is 5.92 Å². The molecule has 3 aliphatic heterocycles. The Bertz CT molecular complexity index is 585. The number of hydrogen-bond acceptors (Lipinski definition) is 5. The Morgan fingerprint density at radius 1 is 1.16 bits per heavy atom. The number of rotatable bonds is 1. The van der Waals surface area contributed by atoms with Crippen LogP contribution in [0.15, 0.2) is 11.6 Å². The van der Waals surface area contributed by atoms with E-state index in [0.717, 1.165) is 19.3 Å². The summed E-state index contributed by atoms with van der Waals surface area (Å²) in [6, 6.07) is 0. The second-order valence-corrected chi connectivity index (χ2v) is 9.02. The highest BCUT2D eigenvalue weighted by Gasteiger charge is 2.60. The van der Waals surface area contributed by atoms with E-state index in [0.29, 0.717) is 12.0 Å². The maximum atomic E-state index is 12.4. The fourth-order valence-corrected chi connectivity index (χ4v) is 4.50. The van der Waals surface area contributed by atoms with E-state index in [4.69, 9.17) is 9.47 Å². The average Bonchev–Trinajstić information content (AvgIpc) is 2.95. The minimum Gasteiger partial charge on any atom is -0.390 e. The zero-order valence-electron chi connectivity index (χ0n) is 16.0.